The fourth-order valence-corrected chi connectivity index (χ4v) is 1.44. The van der Waals surface area contributed by atoms with Gasteiger partial charge in [-0.2, -0.15) is 0 Å². The average molecular weight is 304 g/mol. The number of urea groups is 1. The molecule has 0 atom stereocenters. The molecule has 0 aliphatic heterocycles. The van der Waals surface area contributed by atoms with Crippen LogP contribution in [0.2, 0.25) is 0 Å². The van der Waals surface area contributed by atoms with Crippen LogP contribution >= 0.6 is 0 Å². The Balaban J connectivity index is 0.000000224. The Bertz CT molecular complexity index is 642. The van der Waals surface area contributed by atoms with Gasteiger partial charge in [-0.1, -0.05) is 30.3 Å². The number of anilines is 1. The highest BCUT2D eigenvalue weighted by Crippen LogP contribution is 2.24. The molecule has 0 unspecified atom stereocenters. The number of carbonyl (C=O) groups excluding carboxylic acids is 1. The Hall–Kier alpha value is -3.49. The largest absolute Gasteiger partial charge is 0.351 e. The summed E-state index contributed by atoms with van der Waals surface area (Å²) in [6.07, 6.45) is 0. The summed E-state index contributed by atoms with van der Waals surface area (Å²) in [4.78, 5) is 29.2. The van der Waals surface area contributed by atoms with Crippen LogP contribution < -0.4 is 11.1 Å². The molecule has 0 saturated heterocycles. The maximum absolute atomic E-state index is 10.3. The molecule has 22 heavy (non-hydrogen) atoms. The molecule has 2 aromatic carbocycles. The second-order valence-corrected chi connectivity index (χ2v) is 3.86. The van der Waals surface area contributed by atoms with Crippen LogP contribution in [0.15, 0.2) is 54.6 Å². The molecular weight excluding hydrogens is 292 g/mol. The lowest BCUT2D eigenvalue weighted by atomic mass is 10.3. The van der Waals surface area contributed by atoms with Gasteiger partial charge in [0.2, 0.25) is 0 Å². The van der Waals surface area contributed by atoms with Crippen LogP contribution in [0.4, 0.5) is 21.9 Å². The highest BCUT2D eigenvalue weighted by molar-refractivity contribution is 5.87. The summed E-state index contributed by atoms with van der Waals surface area (Å²) in [5, 5.41) is 22.9. The number of hydrogen-bond acceptors (Lipinski definition) is 5. The second-order valence-electron chi connectivity index (χ2n) is 3.86. The van der Waals surface area contributed by atoms with Crippen LogP contribution in [0.25, 0.3) is 0 Å². The summed E-state index contributed by atoms with van der Waals surface area (Å²) in [5.74, 6) is 0. The van der Waals surface area contributed by atoms with E-state index in [4.69, 9.17) is 5.73 Å². The van der Waals surface area contributed by atoms with E-state index in [9.17, 15) is 25.0 Å². The summed E-state index contributed by atoms with van der Waals surface area (Å²) in [5.41, 5.74) is 4.62. The third-order valence-corrected chi connectivity index (χ3v) is 2.32. The van der Waals surface area contributed by atoms with Crippen molar-refractivity contribution in [3.05, 3.63) is 74.8 Å². The molecule has 2 aromatic rings. The third-order valence-electron chi connectivity index (χ3n) is 2.32. The van der Waals surface area contributed by atoms with Crippen molar-refractivity contribution in [3.63, 3.8) is 0 Å². The minimum atomic E-state index is -0.780. The van der Waals surface area contributed by atoms with Gasteiger partial charge in [-0.15, -0.1) is 0 Å². The summed E-state index contributed by atoms with van der Waals surface area (Å²) < 4.78 is 0. The predicted molar refractivity (Wildman–Crippen MR) is 79.4 cm³/mol. The molecule has 9 nitrogen and oxygen atoms in total. The molecule has 0 radical (unpaired) electrons. The number of rotatable bonds is 3. The van der Waals surface area contributed by atoms with Gasteiger partial charge in [0, 0.05) is 17.8 Å². The van der Waals surface area contributed by atoms with E-state index in [-0.39, 0.29) is 0 Å². The highest BCUT2D eigenvalue weighted by Gasteiger charge is 2.21. The molecule has 0 aliphatic rings. The van der Waals surface area contributed by atoms with Crippen molar-refractivity contribution in [1.82, 2.24) is 0 Å². The van der Waals surface area contributed by atoms with Crippen LogP contribution in [0.1, 0.15) is 0 Å². The van der Waals surface area contributed by atoms with Crippen LogP contribution in [0.5, 0.6) is 0 Å². The summed E-state index contributed by atoms with van der Waals surface area (Å²) in [6.45, 7) is 0. The Morgan fingerprint density at radius 2 is 1.27 bits per heavy atom. The number of primary amides is 1. The number of nitro benzene ring substituents is 2. The lowest BCUT2D eigenvalue weighted by Crippen LogP contribution is -2.18. The Labute approximate surface area is 124 Å². The van der Waals surface area contributed by atoms with Gasteiger partial charge in [-0.05, 0) is 12.1 Å². The SMILES string of the molecule is NC(=O)Nc1ccccc1.O=[N+]([O-])c1ccccc1[N+](=O)[O-]. The van der Waals surface area contributed by atoms with E-state index in [0.29, 0.717) is 0 Å². The zero-order valence-corrected chi connectivity index (χ0v) is 11.2. The zero-order chi connectivity index (χ0) is 16.5. The summed E-state index contributed by atoms with van der Waals surface area (Å²) >= 11 is 0. The molecule has 2 amide bonds. The van der Waals surface area contributed by atoms with E-state index in [2.05, 4.69) is 5.32 Å². The van der Waals surface area contributed by atoms with Gasteiger partial charge < -0.3 is 11.1 Å². The monoisotopic (exact) mass is 304 g/mol. The normalized spacial score (nSPS) is 9.09. The zero-order valence-electron chi connectivity index (χ0n) is 11.2. The molecule has 2 rings (SSSR count). The topological polar surface area (TPSA) is 141 Å². The number of carbonyl (C=O) groups is 1. The van der Waals surface area contributed by atoms with Gasteiger partial charge >= 0.3 is 17.4 Å². The smallest absolute Gasteiger partial charge is 0.346 e. The van der Waals surface area contributed by atoms with E-state index in [1.54, 1.807) is 12.1 Å². The second kappa shape index (κ2) is 7.94. The fraction of sp³-hybridized carbons (Fsp3) is 0. The first-order valence-corrected chi connectivity index (χ1v) is 5.91. The first-order chi connectivity index (χ1) is 10.4. The minimum Gasteiger partial charge on any atom is -0.351 e. The molecular formula is C13H12N4O5. The Morgan fingerprint density at radius 1 is 0.864 bits per heavy atom. The van der Waals surface area contributed by atoms with Crippen molar-refractivity contribution < 1.29 is 14.6 Å². The molecule has 0 spiro atoms. The van der Waals surface area contributed by atoms with Crippen molar-refractivity contribution in [2.45, 2.75) is 0 Å². The van der Waals surface area contributed by atoms with Gasteiger partial charge in [0.05, 0.1) is 9.85 Å². The van der Waals surface area contributed by atoms with E-state index in [1.165, 1.54) is 12.1 Å². The number of benzene rings is 2. The predicted octanol–water partition coefficient (Wildman–Crippen LogP) is 2.68. The number of amides is 2. The van der Waals surface area contributed by atoms with Gasteiger partial charge in [-0.25, -0.2) is 4.79 Å². The maximum atomic E-state index is 10.3. The van der Waals surface area contributed by atoms with Crippen molar-refractivity contribution in [3.8, 4) is 0 Å². The van der Waals surface area contributed by atoms with Crippen molar-refractivity contribution >= 4 is 23.1 Å². The van der Waals surface area contributed by atoms with Crippen LogP contribution in [0.3, 0.4) is 0 Å². The number of hydrogen-bond donors (Lipinski definition) is 2. The maximum Gasteiger partial charge on any atom is 0.346 e. The third kappa shape index (κ3) is 5.25. The fourth-order valence-electron chi connectivity index (χ4n) is 1.44. The van der Waals surface area contributed by atoms with Crippen molar-refractivity contribution in [2.75, 3.05) is 5.32 Å². The molecule has 0 bridgehead atoms. The Morgan fingerprint density at radius 3 is 1.64 bits per heavy atom. The number of nitro groups is 2. The number of nitrogens with zero attached hydrogens (tertiary/aromatic N) is 2. The van der Waals surface area contributed by atoms with Gasteiger partial charge in [0.25, 0.3) is 0 Å². The van der Waals surface area contributed by atoms with E-state index in [0.717, 1.165) is 17.8 Å². The standard InChI is InChI=1S/C7H8N2O.C6H4N2O4/c8-7(10)9-6-4-2-1-3-5-6;9-7(10)5-3-1-2-4-6(5)8(11)12/h1-5H,(H3,8,9,10);1-4H. The lowest BCUT2D eigenvalue weighted by molar-refractivity contribution is -0.422. The van der Waals surface area contributed by atoms with E-state index < -0.39 is 27.3 Å². The average Bonchev–Trinajstić information content (AvgIpc) is 2.48. The van der Waals surface area contributed by atoms with Crippen molar-refractivity contribution in [1.29, 1.82) is 0 Å². The van der Waals surface area contributed by atoms with Crippen LogP contribution in [0, 0.1) is 20.2 Å². The Kier molecular flexibility index (Phi) is 5.98. The molecule has 114 valence electrons. The number of nitrogens with one attached hydrogen (secondary N) is 1. The summed E-state index contributed by atoms with van der Waals surface area (Å²) in [6, 6.07) is 13.5. The molecule has 0 saturated carbocycles. The first-order valence-electron chi connectivity index (χ1n) is 5.91. The minimum absolute atomic E-state index is 0.484. The first kappa shape index (κ1) is 16.6. The summed E-state index contributed by atoms with van der Waals surface area (Å²) in [7, 11) is 0. The van der Waals surface area contributed by atoms with Gasteiger partial charge in [0.15, 0.2) is 0 Å². The molecule has 0 heterocycles. The van der Waals surface area contributed by atoms with Gasteiger partial charge in [-0.3, -0.25) is 20.2 Å². The molecule has 0 fully saturated rings. The number of nitrogens with two attached hydrogens (primary N) is 1. The molecule has 0 aromatic heterocycles. The quantitative estimate of drug-likeness (QED) is 0.662. The van der Waals surface area contributed by atoms with Gasteiger partial charge in [0.1, 0.15) is 0 Å². The van der Waals surface area contributed by atoms with Crippen LogP contribution in [-0.4, -0.2) is 15.9 Å². The molecule has 9 heteroatoms. The highest BCUT2D eigenvalue weighted by atomic mass is 16.6. The molecule has 3 N–H and O–H groups in total. The van der Waals surface area contributed by atoms with Crippen molar-refractivity contribution in [2.24, 2.45) is 5.73 Å². The van der Waals surface area contributed by atoms with E-state index in [1.807, 2.05) is 18.2 Å². The number of para-hydroxylation sites is 3. The van der Waals surface area contributed by atoms with Crippen LogP contribution in [-0.2, 0) is 0 Å². The lowest BCUT2D eigenvalue weighted by Gasteiger charge is -1.97. The molecule has 0 aliphatic carbocycles. The van der Waals surface area contributed by atoms with E-state index >= 15 is 0 Å².